The van der Waals surface area contributed by atoms with E-state index in [-0.39, 0.29) is 12.1 Å². The molecule has 1 aliphatic rings. The molecule has 0 bridgehead atoms. The largest absolute Gasteiger partial charge is 0.457 e. The van der Waals surface area contributed by atoms with Crippen molar-refractivity contribution in [1.29, 1.82) is 0 Å². The molecule has 1 aromatic carbocycles. The fourth-order valence-electron chi connectivity index (χ4n) is 1.89. The summed E-state index contributed by atoms with van der Waals surface area (Å²) in [6.07, 6.45) is 3.53. The van der Waals surface area contributed by atoms with Crippen LogP contribution >= 0.6 is 0 Å². The Hall–Kier alpha value is -1.31. The molecule has 1 fully saturated rings. The highest BCUT2D eigenvalue weighted by molar-refractivity contribution is 5.69. The summed E-state index contributed by atoms with van der Waals surface area (Å²) < 4.78 is 5.40. The molecule has 0 radical (unpaired) electrons. The van der Waals surface area contributed by atoms with Gasteiger partial charge in [0.25, 0.3) is 0 Å². The zero-order valence-electron chi connectivity index (χ0n) is 9.03. The normalized spacial score (nSPS) is 21.9. The van der Waals surface area contributed by atoms with Crippen molar-refractivity contribution in [2.45, 2.75) is 38.7 Å². The Balaban J connectivity index is 2.14. The Morgan fingerprint density at radius 1 is 1.20 bits per heavy atom. The topological polar surface area (TPSA) is 26.3 Å². The van der Waals surface area contributed by atoms with E-state index in [0.717, 1.165) is 24.8 Å². The van der Waals surface area contributed by atoms with Gasteiger partial charge in [-0.25, -0.2) is 0 Å². The van der Waals surface area contributed by atoms with Crippen molar-refractivity contribution in [1.82, 2.24) is 0 Å². The van der Waals surface area contributed by atoms with Gasteiger partial charge in [-0.3, -0.25) is 4.79 Å². The molecular formula is C13H16O2. The zero-order valence-corrected chi connectivity index (χ0v) is 9.03. The number of aryl methyl sites for hydroxylation is 1. The number of ether oxygens (including phenoxy) is 1. The van der Waals surface area contributed by atoms with E-state index in [1.165, 1.54) is 5.56 Å². The van der Waals surface area contributed by atoms with Gasteiger partial charge >= 0.3 is 5.97 Å². The molecule has 1 aliphatic heterocycles. The third kappa shape index (κ3) is 2.58. The molecule has 80 valence electrons. The van der Waals surface area contributed by atoms with Gasteiger partial charge in [0, 0.05) is 6.42 Å². The van der Waals surface area contributed by atoms with Gasteiger partial charge in [0.15, 0.2) is 0 Å². The first-order chi connectivity index (χ1) is 7.25. The smallest absolute Gasteiger partial charge is 0.306 e. The zero-order chi connectivity index (χ0) is 10.7. The molecule has 1 saturated heterocycles. The minimum Gasteiger partial charge on any atom is -0.457 e. The van der Waals surface area contributed by atoms with Crippen LogP contribution in [-0.2, 0) is 9.53 Å². The van der Waals surface area contributed by atoms with Crippen LogP contribution in [0.2, 0.25) is 0 Å². The summed E-state index contributed by atoms with van der Waals surface area (Å²) in [7, 11) is 0. The Kier molecular flexibility index (Phi) is 3.05. The standard InChI is InChI=1S/C13H16O2/c1-10-6-8-11(9-7-10)12-4-2-3-5-13(14)15-12/h6-9,12H,2-5H2,1H3/t12-/m1/s1. The first-order valence-electron chi connectivity index (χ1n) is 5.52. The molecule has 0 N–H and O–H groups in total. The van der Waals surface area contributed by atoms with Gasteiger partial charge in [0.2, 0.25) is 0 Å². The molecule has 1 atom stereocenters. The molecule has 0 aromatic heterocycles. The summed E-state index contributed by atoms with van der Waals surface area (Å²) in [6.45, 7) is 2.06. The van der Waals surface area contributed by atoms with Crippen LogP contribution in [0.4, 0.5) is 0 Å². The van der Waals surface area contributed by atoms with Gasteiger partial charge < -0.3 is 4.74 Å². The molecule has 0 spiro atoms. The summed E-state index contributed by atoms with van der Waals surface area (Å²) in [4.78, 5) is 11.3. The van der Waals surface area contributed by atoms with E-state index in [9.17, 15) is 4.79 Å². The van der Waals surface area contributed by atoms with Crippen molar-refractivity contribution < 1.29 is 9.53 Å². The lowest BCUT2D eigenvalue weighted by Crippen LogP contribution is -2.07. The van der Waals surface area contributed by atoms with Gasteiger partial charge in [-0.1, -0.05) is 29.8 Å². The van der Waals surface area contributed by atoms with E-state index in [0.29, 0.717) is 6.42 Å². The summed E-state index contributed by atoms with van der Waals surface area (Å²) in [5.74, 6) is -0.0573. The Morgan fingerprint density at radius 3 is 2.67 bits per heavy atom. The molecule has 15 heavy (non-hydrogen) atoms. The SMILES string of the molecule is Cc1ccc([C@H]2CCCCC(=O)O2)cc1. The maximum atomic E-state index is 11.3. The summed E-state index contributed by atoms with van der Waals surface area (Å²) in [5, 5.41) is 0. The van der Waals surface area contributed by atoms with E-state index in [1.54, 1.807) is 0 Å². The quantitative estimate of drug-likeness (QED) is 0.657. The Morgan fingerprint density at radius 2 is 1.93 bits per heavy atom. The van der Waals surface area contributed by atoms with Crippen molar-refractivity contribution in [2.24, 2.45) is 0 Å². The van der Waals surface area contributed by atoms with Crippen LogP contribution in [-0.4, -0.2) is 5.97 Å². The van der Waals surface area contributed by atoms with Crippen LogP contribution in [0, 0.1) is 6.92 Å². The monoisotopic (exact) mass is 204 g/mol. The van der Waals surface area contributed by atoms with Crippen molar-refractivity contribution in [3.63, 3.8) is 0 Å². The highest BCUT2D eigenvalue weighted by Crippen LogP contribution is 2.27. The lowest BCUT2D eigenvalue weighted by Gasteiger charge is -2.15. The van der Waals surface area contributed by atoms with Gasteiger partial charge in [-0.2, -0.15) is 0 Å². The summed E-state index contributed by atoms with van der Waals surface area (Å²) in [6, 6.07) is 8.24. The van der Waals surface area contributed by atoms with Gasteiger partial charge in [0.1, 0.15) is 6.10 Å². The molecule has 0 saturated carbocycles. The third-order valence-electron chi connectivity index (χ3n) is 2.82. The van der Waals surface area contributed by atoms with Crippen LogP contribution < -0.4 is 0 Å². The maximum Gasteiger partial charge on any atom is 0.306 e. The summed E-state index contributed by atoms with van der Waals surface area (Å²) >= 11 is 0. The Labute approximate surface area is 90.3 Å². The fraction of sp³-hybridized carbons (Fsp3) is 0.462. The van der Waals surface area contributed by atoms with Crippen LogP contribution in [0.15, 0.2) is 24.3 Å². The summed E-state index contributed by atoms with van der Waals surface area (Å²) in [5.41, 5.74) is 2.36. The number of carbonyl (C=O) groups is 1. The van der Waals surface area contributed by atoms with Crippen LogP contribution in [0.1, 0.15) is 42.9 Å². The minimum atomic E-state index is -0.0573. The molecule has 0 aliphatic carbocycles. The van der Waals surface area contributed by atoms with Gasteiger partial charge in [-0.05, 0) is 31.7 Å². The Bertz CT molecular complexity index is 340. The first-order valence-corrected chi connectivity index (χ1v) is 5.52. The first kappa shape index (κ1) is 10.2. The lowest BCUT2D eigenvalue weighted by molar-refractivity contribution is -0.148. The number of benzene rings is 1. The lowest BCUT2D eigenvalue weighted by atomic mass is 10.0. The fourth-order valence-corrected chi connectivity index (χ4v) is 1.89. The number of hydrogen-bond acceptors (Lipinski definition) is 2. The van der Waals surface area contributed by atoms with E-state index in [2.05, 4.69) is 31.2 Å². The molecule has 1 aromatic rings. The molecule has 0 amide bonds. The van der Waals surface area contributed by atoms with Crippen molar-refractivity contribution in [3.8, 4) is 0 Å². The molecule has 1 heterocycles. The molecule has 2 nitrogen and oxygen atoms in total. The second-order valence-corrected chi connectivity index (χ2v) is 4.13. The molecular weight excluding hydrogens is 188 g/mol. The van der Waals surface area contributed by atoms with E-state index in [4.69, 9.17) is 4.74 Å². The van der Waals surface area contributed by atoms with Crippen LogP contribution in [0.25, 0.3) is 0 Å². The van der Waals surface area contributed by atoms with E-state index in [1.807, 2.05) is 0 Å². The number of hydrogen-bond donors (Lipinski definition) is 0. The van der Waals surface area contributed by atoms with Crippen molar-refractivity contribution in [3.05, 3.63) is 35.4 Å². The number of carbonyl (C=O) groups excluding carboxylic acids is 1. The second kappa shape index (κ2) is 4.47. The van der Waals surface area contributed by atoms with Gasteiger partial charge in [0.05, 0.1) is 0 Å². The van der Waals surface area contributed by atoms with Crippen molar-refractivity contribution >= 4 is 5.97 Å². The average molecular weight is 204 g/mol. The van der Waals surface area contributed by atoms with E-state index < -0.39 is 0 Å². The number of esters is 1. The molecule has 0 unspecified atom stereocenters. The molecule has 2 rings (SSSR count). The highest BCUT2D eigenvalue weighted by atomic mass is 16.5. The average Bonchev–Trinajstić information content (AvgIpc) is 2.44. The van der Waals surface area contributed by atoms with Crippen LogP contribution in [0.5, 0.6) is 0 Å². The van der Waals surface area contributed by atoms with E-state index >= 15 is 0 Å². The third-order valence-corrected chi connectivity index (χ3v) is 2.82. The minimum absolute atomic E-state index is 0.0272. The maximum absolute atomic E-state index is 11.3. The number of rotatable bonds is 1. The van der Waals surface area contributed by atoms with Crippen LogP contribution in [0.3, 0.4) is 0 Å². The predicted molar refractivity (Wildman–Crippen MR) is 58.5 cm³/mol. The molecule has 2 heteroatoms. The van der Waals surface area contributed by atoms with Crippen molar-refractivity contribution in [2.75, 3.05) is 0 Å². The highest BCUT2D eigenvalue weighted by Gasteiger charge is 2.19. The second-order valence-electron chi connectivity index (χ2n) is 4.13. The predicted octanol–water partition coefficient (Wildman–Crippen LogP) is 3.15. The van der Waals surface area contributed by atoms with Gasteiger partial charge in [-0.15, -0.1) is 0 Å². The number of cyclic esters (lactones) is 1.